The number of urea groups is 1. The maximum absolute atomic E-state index is 12.9. The van der Waals surface area contributed by atoms with Crippen LogP contribution in [-0.4, -0.2) is 42.2 Å². The Hall–Kier alpha value is -2.54. The predicted octanol–water partition coefficient (Wildman–Crippen LogP) is 4.37. The molecule has 1 fully saturated rings. The van der Waals surface area contributed by atoms with E-state index in [4.69, 9.17) is 0 Å². The summed E-state index contributed by atoms with van der Waals surface area (Å²) in [5.41, 5.74) is 0.753. The number of hydrogen-bond acceptors (Lipinski definition) is 3. The fourth-order valence-electron chi connectivity index (χ4n) is 3.25. The quantitative estimate of drug-likeness (QED) is 0.522. The Bertz CT molecular complexity index is 801. The third-order valence-corrected chi connectivity index (χ3v) is 5.91. The van der Waals surface area contributed by atoms with Gasteiger partial charge in [0, 0.05) is 30.2 Å². The number of carbonyl (C=O) groups is 2. The van der Waals surface area contributed by atoms with Crippen LogP contribution in [0.5, 0.6) is 0 Å². The molecule has 1 atom stereocenters. The van der Waals surface area contributed by atoms with Gasteiger partial charge in [-0.25, -0.2) is 9.18 Å². The third kappa shape index (κ3) is 6.78. The summed E-state index contributed by atoms with van der Waals surface area (Å²) in [5, 5.41) is 5.87. The largest absolute Gasteiger partial charge is 0.356 e. The molecule has 7 heteroatoms. The predicted molar refractivity (Wildman–Crippen MR) is 115 cm³/mol. The minimum absolute atomic E-state index is 0.00833. The molecule has 1 aliphatic heterocycles. The van der Waals surface area contributed by atoms with Crippen molar-refractivity contribution in [3.05, 3.63) is 60.4 Å². The number of thioether (sulfide) groups is 1. The molecular formula is C22H26FN3O2S. The van der Waals surface area contributed by atoms with Crippen LogP contribution in [0.1, 0.15) is 19.3 Å². The second kappa shape index (κ2) is 10.9. The van der Waals surface area contributed by atoms with Gasteiger partial charge in [-0.3, -0.25) is 4.79 Å². The first-order valence-corrected chi connectivity index (χ1v) is 10.9. The van der Waals surface area contributed by atoms with Crippen molar-refractivity contribution in [1.29, 1.82) is 0 Å². The lowest BCUT2D eigenvalue weighted by molar-refractivity contribution is -0.126. The van der Waals surface area contributed by atoms with Crippen molar-refractivity contribution >= 4 is 29.4 Å². The smallest absolute Gasteiger partial charge is 0.321 e. The van der Waals surface area contributed by atoms with Crippen LogP contribution in [0, 0.1) is 11.7 Å². The van der Waals surface area contributed by atoms with Crippen molar-refractivity contribution in [3.63, 3.8) is 0 Å². The van der Waals surface area contributed by atoms with Gasteiger partial charge in [0.2, 0.25) is 5.91 Å². The van der Waals surface area contributed by atoms with E-state index in [2.05, 4.69) is 10.6 Å². The molecule has 0 spiro atoms. The highest BCUT2D eigenvalue weighted by atomic mass is 32.2. The van der Waals surface area contributed by atoms with Crippen LogP contribution in [0.2, 0.25) is 0 Å². The van der Waals surface area contributed by atoms with Gasteiger partial charge in [0.15, 0.2) is 0 Å². The van der Waals surface area contributed by atoms with E-state index in [1.54, 1.807) is 28.8 Å². The van der Waals surface area contributed by atoms with Crippen LogP contribution in [0.15, 0.2) is 59.5 Å². The van der Waals surface area contributed by atoms with Gasteiger partial charge in [-0.15, -0.1) is 11.8 Å². The minimum atomic E-state index is -0.236. The molecule has 0 aromatic heterocycles. The first kappa shape index (κ1) is 21.2. The number of nitrogens with zero attached hydrogens (tertiary/aromatic N) is 1. The molecule has 0 radical (unpaired) electrons. The van der Waals surface area contributed by atoms with Crippen molar-refractivity contribution in [2.75, 3.05) is 30.7 Å². The molecule has 1 saturated heterocycles. The summed E-state index contributed by atoms with van der Waals surface area (Å²) < 4.78 is 12.9. The van der Waals surface area contributed by atoms with Crippen molar-refractivity contribution < 1.29 is 14.0 Å². The number of benzene rings is 2. The Morgan fingerprint density at radius 1 is 1.10 bits per heavy atom. The Labute approximate surface area is 175 Å². The number of para-hydroxylation sites is 1. The zero-order valence-corrected chi connectivity index (χ0v) is 17.1. The number of nitrogens with one attached hydrogen (secondary N) is 2. The molecule has 0 aliphatic carbocycles. The Kier molecular flexibility index (Phi) is 7.93. The van der Waals surface area contributed by atoms with E-state index in [1.165, 1.54) is 12.1 Å². The number of halogens is 1. The van der Waals surface area contributed by atoms with E-state index in [1.807, 2.05) is 30.3 Å². The van der Waals surface area contributed by atoms with Gasteiger partial charge in [0.25, 0.3) is 0 Å². The topological polar surface area (TPSA) is 61.4 Å². The van der Waals surface area contributed by atoms with Crippen LogP contribution in [0.3, 0.4) is 0 Å². The second-order valence-electron chi connectivity index (χ2n) is 7.03. The van der Waals surface area contributed by atoms with E-state index >= 15 is 0 Å². The number of amides is 3. The van der Waals surface area contributed by atoms with Crippen molar-refractivity contribution in [2.45, 2.75) is 24.2 Å². The number of rotatable bonds is 7. The van der Waals surface area contributed by atoms with Gasteiger partial charge < -0.3 is 15.5 Å². The molecule has 3 rings (SSSR count). The lowest BCUT2D eigenvalue weighted by Gasteiger charge is -2.32. The lowest BCUT2D eigenvalue weighted by atomic mass is 9.97. The van der Waals surface area contributed by atoms with Gasteiger partial charge in [-0.05, 0) is 61.4 Å². The average molecular weight is 416 g/mol. The summed E-state index contributed by atoms with van der Waals surface area (Å²) in [6.45, 7) is 1.70. The Balaban J connectivity index is 1.36. The highest BCUT2D eigenvalue weighted by Crippen LogP contribution is 2.20. The molecule has 2 aromatic rings. The van der Waals surface area contributed by atoms with Crippen molar-refractivity contribution in [3.8, 4) is 0 Å². The molecule has 5 nitrogen and oxygen atoms in total. The summed E-state index contributed by atoms with van der Waals surface area (Å²) in [6, 6.07) is 15.6. The Morgan fingerprint density at radius 2 is 1.86 bits per heavy atom. The first-order valence-electron chi connectivity index (χ1n) is 9.89. The molecule has 3 amide bonds. The minimum Gasteiger partial charge on any atom is -0.356 e. The number of likely N-dealkylation sites (tertiary alicyclic amines) is 1. The van der Waals surface area contributed by atoms with E-state index in [-0.39, 0.29) is 23.7 Å². The SMILES string of the molecule is O=C(NCCCSc1ccc(F)cc1)C1CCCN(C(=O)Nc2ccccc2)C1. The molecule has 1 aliphatic rings. The summed E-state index contributed by atoms with van der Waals surface area (Å²) in [4.78, 5) is 27.7. The molecular weight excluding hydrogens is 389 g/mol. The number of hydrogen-bond donors (Lipinski definition) is 2. The molecule has 0 bridgehead atoms. The van der Waals surface area contributed by atoms with Crippen LogP contribution >= 0.6 is 11.8 Å². The molecule has 29 heavy (non-hydrogen) atoms. The van der Waals surface area contributed by atoms with E-state index in [9.17, 15) is 14.0 Å². The maximum Gasteiger partial charge on any atom is 0.321 e. The molecule has 1 unspecified atom stereocenters. The zero-order valence-electron chi connectivity index (χ0n) is 16.3. The fourth-order valence-corrected chi connectivity index (χ4v) is 4.10. The molecule has 1 heterocycles. The molecule has 2 aromatic carbocycles. The van der Waals surface area contributed by atoms with Gasteiger partial charge in [0.1, 0.15) is 5.82 Å². The number of piperidine rings is 1. The van der Waals surface area contributed by atoms with Crippen LogP contribution in [0.25, 0.3) is 0 Å². The highest BCUT2D eigenvalue weighted by Gasteiger charge is 2.28. The summed E-state index contributed by atoms with van der Waals surface area (Å²) in [6.07, 6.45) is 2.45. The van der Waals surface area contributed by atoms with Crippen LogP contribution < -0.4 is 10.6 Å². The zero-order chi connectivity index (χ0) is 20.5. The molecule has 2 N–H and O–H groups in total. The second-order valence-corrected chi connectivity index (χ2v) is 8.20. The van der Waals surface area contributed by atoms with E-state index < -0.39 is 0 Å². The lowest BCUT2D eigenvalue weighted by Crippen LogP contribution is -2.47. The van der Waals surface area contributed by atoms with Gasteiger partial charge >= 0.3 is 6.03 Å². The number of anilines is 1. The van der Waals surface area contributed by atoms with E-state index in [0.717, 1.165) is 35.6 Å². The monoisotopic (exact) mass is 415 g/mol. The number of carbonyl (C=O) groups excluding carboxylic acids is 2. The van der Waals surface area contributed by atoms with Crippen LogP contribution in [-0.2, 0) is 4.79 Å². The normalized spacial score (nSPS) is 16.3. The molecule has 0 saturated carbocycles. The van der Waals surface area contributed by atoms with Gasteiger partial charge in [0.05, 0.1) is 5.92 Å². The fraction of sp³-hybridized carbons (Fsp3) is 0.364. The first-order chi connectivity index (χ1) is 14.1. The van der Waals surface area contributed by atoms with E-state index in [0.29, 0.717) is 19.6 Å². The summed E-state index contributed by atoms with van der Waals surface area (Å²) in [7, 11) is 0. The maximum atomic E-state index is 12.9. The third-order valence-electron chi connectivity index (χ3n) is 4.81. The van der Waals surface area contributed by atoms with Crippen LogP contribution in [0.4, 0.5) is 14.9 Å². The average Bonchev–Trinajstić information content (AvgIpc) is 2.75. The summed E-state index contributed by atoms with van der Waals surface area (Å²) >= 11 is 1.64. The Morgan fingerprint density at radius 3 is 2.62 bits per heavy atom. The highest BCUT2D eigenvalue weighted by molar-refractivity contribution is 7.99. The van der Waals surface area contributed by atoms with Gasteiger partial charge in [-0.2, -0.15) is 0 Å². The summed E-state index contributed by atoms with van der Waals surface area (Å²) in [5.74, 6) is 0.451. The van der Waals surface area contributed by atoms with Crippen molar-refractivity contribution in [1.82, 2.24) is 10.2 Å². The molecule has 154 valence electrons. The van der Waals surface area contributed by atoms with Crippen molar-refractivity contribution in [2.24, 2.45) is 5.92 Å². The standard InChI is InChI=1S/C22H26FN3O2S/c23-18-9-11-20(12-10-18)29-15-5-13-24-21(27)17-6-4-14-26(16-17)22(28)25-19-7-2-1-3-8-19/h1-3,7-12,17H,4-6,13-16H2,(H,24,27)(H,25,28). The van der Waals surface area contributed by atoms with Gasteiger partial charge in [-0.1, -0.05) is 18.2 Å².